The Morgan fingerprint density at radius 2 is 1.95 bits per heavy atom. The molecule has 8 nitrogen and oxygen atoms in total. The molecule has 2 unspecified atom stereocenters. The number of nitrogens with zero attached hydrogens (tertiary/aromatic N) is 3. The fraction of sp³-hybridized carbons (Fsp3) is 0.419. The third-order valence-corrected chi connectivity index (χ3v) is 8.27. The largest absolute Gasteiger partial charge is 0.490 e. The van der Waals surface area contributed by atoms with Gasteiger partial charge in [0.15, 0.2) is 0 Å². The molecule has 5 N–H and O–H groups in total. The summed E-state index contributed by atoms with van der Waals surface area (Å²) in [6.45, 7) is 4.30. The SMILES string of the molecule is Cc1c(OC(C)C2CCCCC2)cccc1-c1cccc(-n2ncc(C(=O)O)c2[C@H]2CC2/C(N)=C/N(C)N)c1. The van der Waals surface area contributed by atoms with E-state index in [-0.39, 0.29) is 23.5 Å². The Balaban J connectivity index is 1.45. The molecule has 0 aliphatic heterocycles. The van der Waals surface area contributed by atoms with Gasteiger partial charge >= 0.3 is 5.97 Å². The van der Waals surface area contributed by atoms with E-state index >= 15 is 0 Å². The third kappa shape index (κ3) is 5.66. The van der Waals surface area contributed by atoms with Gasteiger partial charge in [0.05, 0.1) is 23.7 Å². The number of rotatable bonds is 9. The van der Waals surface area contributed by atoms with Crippen molar-refractivity contribution in [2.75, 3.05) is 7.05 Å². The standard InChI is InChI=1S/C31H39N5O3/c1-19-24(13-8-14-29(19)39-20(2)21-9-5-4-6-10-21)22-11-7-12-23(15-22)36-30(27(17-34-36)31(37)38)26-16-25(26)28(32)18-35(3)33/h7-8,11-15,17-18,20-21,25-26H,4-6,9-10,16,32-33H2,1-3H3,(H,37,38)/b28-18-/t20?,25?,26-/m0/s1. The zero-order chi connectivity index (χ0) is 27.7. The van der Waals surface area contributed by atoms with Gasteiger partial charge in [-0.25, -0.2) is 15.3 Å². The molecule has 39 heavy (non-hydrogen) atoms. The minimum atomic E-state index is -0.996. The third-order valence-electron chi connectivity index (χ3n) is 8.27. The van der Waals surface area contributed by atoms with Crippen LogP contribution in [0, 0.1) is 18.8 Å². The number of hydrogen-bond donors (Lipinski definition) is 3. The first-order valence-electron chi connectivity index (χ1n) is 13.9. The van der Waals surface area contributed by atoms with Crippen LogP contribution in [0.4, 0.5) is 0 Å². The highest BCUT2D eigenvalue weighted by atomic mass is 16.5. The average Bonchev–Trinajstić information content (AvgIpc) is 3.59. The molecule has 3 atom stereocenters. The van der Waals surface area contributed by atoms with Gasteiger partial charge in [-0.15, -0.1) is 0 Å². The van der Waals surface area contributed by atoms with Crippen LogP contribution < -0.4 is 16.3 Å². The summed E-state index contributed by atoms with van der Waals surface area (Å²) < 4.78 is 8.25. The lowest BCUT2D eigenvalue weighted by Crippen LogP contribution is -2.26. The second kappa shape index (κ2) is 11.1. The Bertz CT molecular complexity index is 1370. The summed E-state index contributed by atoms with van der Waals surface area (Å²) in [5.41, 5.74) is 11.8. The maximum absolute atomic E-state index is 12.1. The summed E-state index contributed by atoms with van der Waals surface area (Å²) in [6, 6.07) is 14.3. The molecular formula is C31H39N5O3. The Labute approximate surface area is 230 Å². The van der Waals surface area contributed by atoms with Crippen molar-refractivity contribution in [1.82, 2.24) is 14.8 Å². The van der Waals surface area contributed by atoms with Crippen molar-refractivity contribution < 1.29 is 14.6 Å². The number of aromatic carboxylic acids is 1. The molecule has 2 aromatic carbocycles. The Kier molecular flexibility index (Phi) is 7.66. The minimum Gasteiger partial charge on any atom is -0.490 e. The van der Waals surface area contributed by atoms with E-state index in [0.29, 0.717) is 17.3 Å². The van der Waals surface area contributed by atoms with Crippen molar-refractivity contribution in [3.8, 4) is 22.6 Å². The topological polar surface area (TPSA) is 120 Å². The number of carbonyl (C=O) groups is 1. The van der Waals surface area contributed by atoms with Crippen LogP contribution in [0.15, 0.2) is 60.6 Å². The molecule has 0 saturated heterocycles. The van der Waals surface area contributed by atoms with Gasteiger partial charge in [0.1, 0.15) is 11.3 Å². The molecule has 206 valence electrons. The molecule has 1 aromatic heterocycles. The Hall–Kier alpha value is -3.78. The van der Waals surface area contributed by atoms with Crippen molar-refractivity contribution in [3.05, 3.63) is 77.4 Å². The Morgan fingerprint density at radius 3 is 2.67 bits per heavy atom. The van der Waals surface area contributed by atoms with E-state index in [1.807, 2.05) is 18.2 Å². The van der Waals surface area contributed by atoms with Crippen molar-refractivity contribution >= 4 is 5.97 Å². The van der Waals surface area contributed by atoms with Crippen LogP contribution >= 0.6 is 0 Å². The lowest BCUT2D eigenvalue weighted by Gasteiger charge is -2.29. The van der Waals surface area contributed by atoms with Crippen LogP contribution in [0.1, 0.15) is 73.0 Å². The summed E-state index contributed by atoms with van der Waals surface area (Å²) >= 11 is 0. The molecule has 0 amide bonds. The molecule has 3 aromatic rings. The highest BCUT2D eigenvalue weighted by molar-refractivity contribution is 5.89. The number of allylic oxidation sites excluding steroid dienone is 1. The van der Waals surface area contributed by atoms with Gasteiger partial charge in [-0.1, -0.05) is 43.5 Å². The molecule has 2 aliphatic rings. The maximum atomic E-state index is 12.1. The van der Waals surface area contributed by atoms with Gasteiger partial charge in [-0.2, -0.15) is 5.10 Å². The van der Waals surface area contributed by atoms with Crippen LogP contribution in [0.5, 0.6) is 5.75 Å². The van der Waals surface area contributed by atoms with Gasteiger partial charge < -0.3 is 20.6 Å². The second-order valence-corrected chi connectivity index (χ2v) is 11.1. The lowest BCUT2D eigenvalue weighted by atomic mass is 9.86. The second-order valence-electron chi connectivity index (χ2n) is 11.1. The van der Waals surface area contributed by atoms with E-state index in [9.17, 15) is 9.90 Å². The molecule has 2 aliphatic carbocycles. The van der Waals surface area contributed by atoms with Crippen LogP contribution in [0.2, 0.25) is 0 Å². The predicted octanol–water partition coefficient (Wildman–Crippen LogP) is 5.60. The first kappa shape index (κ1) is 26.8. The monoisotopic (exact) mass is 529 g/mol. The number of ether oxygens (including phenoxy) is 1. The van der Waals surface area contributed by atoms with E-state index in [4.69, 9.17) is 16.3 Å². The van der Waals surface area contributed by atoms with Crippen molar-refractivity contribution in [1.29, 1.82) is 0 Å². The van der Waals surface area contributed by atoms with E-state index in [1.165, 1.54) is 43.3 Å². The molecule has 0 spiro atoms. The van der Waals surface area contributed by atoms with Crippen molar-refractivity contribution in [2.24, 2.45) is 23.4 Å². The van der Waals surface area contributed by atoms with E-state index in [2.05, 4.69) is 43.2 Å². The maximum Gasteiger partial charge on any atom is 0.339 e. The van der Waals surface area contributed by atoms with Crippen LogP contribution in [0.3, 0.4) is 0 Å². The molecule has 8 heteroatoms. The highest BCUT2D eigenvalue weighted by Gasteiger charge is 2.45. The van der Waals surface area contributed by atoms with Gasteiger partial charge in [0.2, 0.25) is 0 Å². The minimum absolute atomic E-state index is 0.0231. The number of hydrogen-bond acceptors (Lipinski definition) is 6. The smallest absolute Gasteiger partial charge is 0.339 e. The summed E-state index contributed by atoms with van der Waals surface area (Å²) in [6.07, 6.45) is 10.4. The van der Waals surface area contributed by atoms with Gasteiger partial charge in [0.25, 0.3) is 0 Å². The van der Waals surface area contributed by atoms with Crippen molar-refractivity contribution in [3.63, 3.8) is 0 Å². The molecule has 2 saturated carbocycles. The van der Waals surface area contributed by atoms with Gasteiger partial charge in [0, 0.05) is 30.8 Å². The lowest BCUT2D eigenvalue weighted by molar-refractivity contribution is 0.0695. The molecule has 5 rings (SSSR count). The average molecular weight is 530 g/mol. The molecular weight excluding hydrogens is 490 g/mol. The van der Waals surface area contributed by atoms with E-state index in [1.54, 1.807) is 17.9 Å². The summed E-state index contributed by atoms with van der Waals surface area (Å²) in [5.74, 6) is 6.24. The number of nitrogens with two attached hydrogens (primary N) is 2. The zero-order valence-electron chi connectivity index (χ0n) is 23.0. The fourth-order valence-corrected chi connectivity index (χ4v) is 6.04. The number of carboxylic acids is 1. The highest BCUT2D eigenvalue weighted by Crippen LogP contribution is 2.52. The summed E-state index contributed by atoms with van der Waals surface area (Å²) in [7, 11) is 1.71. The molecule has 0 radical (unpaired) electrons. The van der Waals surface area contributed by atoms with Crippen molar-refractivity contribution in [2.45, 2.75) is 64.4 Å². The number of benzene rings is 2. The van der Waals surface area contributed by atoms with Crippen LogP contribution in [-0.4, -0.2) is 39.0 Å². The Morgan fingerprint density at radius 1 is 1.21 bits per heavy atom. The van der Waals surface area contributed by atoms with E-state index in [0.717, 1.165) is 34.5 Å². The number of aromatic nitrogens is 2. The fourth-order valence-electron chi connectivity index (χ4n) is 6.04. The van der Waals surface area contributed by atoms with Crippen LogP contribution in [-0.2, 0) is 0 Å². The van der Waals surface area contributed by atoms with E-state index < -0.39 is 5.97 Å². The van der Waals surface area contributed by atoms with Gasteiger partial charge in [-0.05, 0) is 73.9 Å². The predicted molar refractivity (Wildman–Crippen MR) is 152 cm³/mol. The molecule has 2 fully saturated rings. The molecule has 1 heterocycles. The molecule has 0 bridgehead atoms. The number of carboxylic acid groups (broad SMARTS) is 1. The first-order chi connectivity index (χ1) is 18.7. The summed E-state index contributed by atoms with van der Waals surface area (Å²) in [5, 5.41) is 15.8. The number of hydrazine groups is 1. The van der Waals surface area contributed by atoms with Crippen LogP contribution in [0.25, 0.3) is 16.8 Å². The quantitative estimate of drug-likeness (QED) is 0.244. The first-order valence-corrected chi connectivity index (χ1v) is 13.9. The van der Waals surface area contributed by atoms with Gasteiger partial charge in [-0.3, -0.25) is 0 Å². The normalized spacial score (nSPS) is 20.5. The zero-order valence-corrected chi connectivity index (χ0v) is 23.0. The summed E-state index contributed by atoms with van der Waals surface area (Å²) in [4.78, 5) is 12.1.